The van der Waals surface area contributed by atoms with Gasteiger partial charge in [-0.2, -0.15) is 4.98 Å². The van der Waals surface area contributed by atoms with Crippen LogP contribution in [0.4, 0.5) is 5.69 Å². The molecule has 0 unspecified atom stereocenters. The van der Waals surface area contributed by atoms with Gasteiger partial charge in [0.05, 0.1) is 0 Å². The smallest absolute Gasteiger partial charge is 0.331 e. The molecule has 162 valence electrons. The van der Waals surface area contributed by atoms with Gasteiger partial charge in [0.15, 0.2) is 0 Å². The van der Waals surface area contributed by atoms with E-state index < -0.39 is 23.7 Å². The summed E-state index contributed by atoms with van der Waals surface area (Å²) in [7, 11) is 0. The van der Waals surface area contributed by atoms with E-state index in [1.807, 2.05) is 32.0 Å². The molecule has 0 saturated carbocycles. The SMILES string of the molecule is Cc1ccc(NC(=O)Cn2c(=O)c(-c3noc(C)n3)c3n(c2=O)CCCCC3)c(C)c1. The van der Waals surface area contributed by atoms with Crippen molar-refractivity contribution in [1.82, 2.24) is 19.3 Å². The lowest BCUT2D eigenvalue weighted by Crippen LogP contribution is -2.44. The van der Waals surface area contributed by atoms with E-state index >= 15 is 0 Å². The molecule has 31 heavy (non-hydrogen) atoms. The quantitative estimate of drug-likeness (QED) is 0.689. The van der Waals surface area contributed by atoms with E-state index in [0.29, 0.717) is 30.2 Å². The Bertz CT molecular complexity index is 1270. The lowest BCUT2D eigenvalue weighted by Gasteiger charge is -2.16. The zero-order chi connectivity index (χ0) is 22.1. The van der Waals surface area contributed by atoms with Gasteiger partial charge in [0, 0.05) is 24.8 Å². The van der Waals surface area contributed by atoms with Gasteiger partial charge < -0.3 is 9.84 Å². The van der Waals surface area contributed by atoms with Crippen LogP contribution in [0.3, 0.4) is 0 Å². The number of fused-ring (bicyclic) bond motifs is 1. The van der Waals surface area contributed by atoms with Crippen molar-refractivity contribution in [2.75, 3.05) is 5.32 Å². The summed E-state index contributed by atoms with van der Waals surface area (Å²) >= 11 is 0. The first-order valence-corrected chi connectivity index (χ1v) is 10.4. The molecule has 9 heteroatoms. The van der Waals surface area contributed by atoms with E-state index in [4.69, 9.17) is 4.52 Å². The molecule has 4 rings (SSSR count). The molecular weight excluding hydrogens is 398 g/mol. The van der Waals surface area contributed by atoms with Gasteiger partial charge in [-0.15, -0.1) is 0 Å². The highest BCUT2D eigenvalue weighted by molar-refractivity contribution is 5.91. The fourth-order valence-electron chi connectivity index (χ4n) is 4.02. The number of nitrogens with zero attached hydrogens (tertiary/aromatic N) is 4. The Kier molecular flexibility index (Phi) is 5.58. The summed E-state index contributed by atoms with van der Waals surface area (Å²) in [4.78, 5) is 43.4. The van der Waals surface area contributed by atoms with Crippen LogP contribution < -0.4 is 16.6 Å². The molecule has 0 saturated heterocycles. The van der Waals surface area contributed by atoms with Crippen molar-refractivity contribution in [3.63, 3.8) is 0 Å². The average molecular weight is 423 g/mol. The maximum Gasteiger partial charge on any atom is 0.331 e. The summed E-state index contributed by atoms with van der Waals surface area (Å²) in [5, 5.41) is 6.71. The van der Waals surface area contributed by atoms with Crippen LogP contribution in [0.15, 0.2) is 32.3 Å². The molecule has 1 aliphatic rings. The van der Waals surface area contributed by atoms with Crippen molar-refractivity contribution in [1.29, 1.82) is 0 Å². The minimum Gasteiger partial charge on any atom is -0.339 e. The van der Waals surface area contributed by atoms with Gasteiger partial charge in [-0.05, 0) is 44.7 Å². The molecule has 3 aromatic rings. The van der Waals surface area contributed by atoms with Crippen molar-refractivity contribution in [3.8, 4) is 11.4 Å². The molecule has 2 aromatic heterocycles. The maximum absolute atomic E-state index is 13.3. The Morgan fingerprint density at radius 2 is 1.97 bits per heavy atom. The third kappa shape index (κ3) is 4.08. The van der Waals surface area contributed by atoms with Gasteiger partial charge in [0.25, 0.3) is 5.56 Å². The third-order valence-corrected chi connectivity index (χ3v) is 5.54. The summed E-state index contributed by atoms with van der Waals surface area (Å²) < 4.78 is 7.62. The standard InChI is InChI=1S/C22H25N5O4/c1-13-8-9-16(14(2)11-13)24-18(28)12-27-21(29)19(20-23-15(3)31-25-20)17-7-5-4-6-10-26(17)22(27)30/h8-9,11H,4-7,10,12H2,1-3H3,(H,24,28). The molecule has 1 aromatic carbocycles. The van der Waals surface area contributed by atoms with Crippen LogP contribution in [0.5, 0.6) is 0 Å². The fourth-order valence-corrected chi connectivity index (χ4v) is 4.02. The third-order valence-electron chi connectivity index (χ3n) is 5.54. The highest BCUT2D eigenvalue weighted by Crippen LogP contribution is 2.21. The van der Waals surface area contributed by atoms with Crippen LogP contribution in [0.2, 0.25) is 0 Å². The molecule has 0 bridgehead atoms. The number of rotatable bonds is 4. The zero-order valence-electron chi connectivity index (χ0n) is 17.9. The van der Waals surface area contributed by atoms with Gasteiger partial charge in [0.1, 0.15) is 12.1 Å². The topological polar surface area (TPSA) is 112 Å². The highest BCUT2D eigenvalue weighted by Gasteiger charge is 2.25. The van der Waals surface area contributed by atoms with Gasteiger partial charge in [-0.25, -0.2) is 4.79 Å². The predicted molar refractivity (Wildman–Crippen MR) is 115 cm³/mol. The molecule has 1 N–H and O–H groups in total. The number of benzene rings is 1. The summed E-state index contributed by atoms with van der Waals surface area (Å²) in [6.45, 7) is 5.59. The first kappa shape index (κ1) is 20.8. The first-order valence-electron chi connectivity index (χ1n) is 10.4. The molecule has 0 spiro atoms. The number of carbonyl (C=O) groups is 1. The van der Waals surface area contributed by atoms with Crippen LogP contribution in [-0.4, -0.2) is 25.2 Å². The number of anilines is 1. The van der Waals surface area contributed by atoms with Crippen molar-refractivity contribution >= 4 is 11.6 Å². The Morgan fingerprint density at radius 1 is 1.16 bits per heavy atom. The van der Waals surface area contributed by atoms with E-state index in [-0.39, 0.29) is 11.4 Å². The van der Waals surface area contributed by atoms with Crippen LogP contribution in [-0.2, 0) is 24.3 Å². The van der Waals surface area contributed by atoms with E-state index in [1.54, 1.807) is 11.5 Å². The van der Waals surface area contributed by atoms with Crippen molar-refractivity contribution < 1.29 is 9.32 Å². The zero-order valence-corrected chi connectivity index (χ0v) is 17.9. The second kappa shape index (κ2) is 8.33. The van der Waals surface area contributed by atoms with Crippen LogP contribution in [0.25, 0.3) is 11.4 Å². The molecule has 0 atom stereocenters. The van der Waals surface area contributed by atoms with Crippen LogP contribution in [0, 0.1) is 20.8 Å². The van der Waals surface area contributed by atoms with Gasteiger partial charge in [-0.1, -0.05) is 29.3 Å². The second-order valence-electron chi connectivity index (χ2n) is 7.96. The number of nitrogens with one attached hydrogen (secondary N) is 1. The number of hydrogen-bond donors (Lipinski definition) is 1. The van der Waals surface area contributed by atoms with Gasteiger partial charge in [-0.3, -0.25) is 18.7 Å². The van der Waals surface area contributed by atoms with E-state index in [9.17, 15) is 14.4 Å². The summed E-state index contributed by atoms with van der Waals surface area (Å²) in [5.74, 6) is 0.0272. The fraction of sp³-hybridized carbons (Fsp3) is 0.409. The molecule has 0 fully saturated rings. The molecule has 1 amide bonds. The van der Waals surface area contributed by atoms with Crippen LogP contribution >= 0.6 is 0 Å². The van der Waals surface area contributed by atoms with Gasteiger partial charge in [0.2, 0.25) is 17.6 Å². The largest absolute Gasteiger partial charge is 0.339 e. The second-order valence-corrected chi connectivity index (χ2v) is 7.96. The minimum absolute atomic E-state index is 0.150. The number of aryl methyl sites for hydroxylation is 3. The molecule has 3 heterocycles. The molecule has 0 aliphatic carbocycles. The number of carbonyl (C=O) groups excluding carboxylic acids is 1. The highest BCUT2D eigenvalue weighted by atomic mass is 16.5. The Balaban J connectivity index is 1.77. The summed E-state index contributed by atoms with van der Waals surface area (Å²) in [6, 6.07) is 5.65. The van der Waals surface area contributed by atoms with E-state index in [1.165, 1.54) is 0 Å². The van der Waals surface area contributed by atoms with E-state index in [0.717, 1.165) is 35.0 Å². The molecule has 0 radical (unpaired) electrons. The van der Waals surface area contributed by atoms with Crippen LogP contribution in [0.1, 0.15) is 42.0 Å². The lowest BCUT2D eigenvalue weighted by atomic mass is 10.1. The number of hydrogen-bond acceptors (Lipinski definition) is 6. The number of amides is 1. The maximum atomic E-state index is 13.3. The minimum atomic E-state index is -0.574. The summed E-state index contributed by atoms with van der Waals surface area (Å²) in [6.07, 6.45) is 3.21. The Morgan fingerprint density at radius 3 is 2.68 bits per heavy atom. The first-order chi connectivity index (χ1) is 14.8. The van der Waals surface area contributed by atoms with Crippen molar-refractivity contribution in [2.45, 2.75) is 59.5 Å². The molecule has 9 nitrogen and oxygen atoms in total. The predicted octanol–water partition coefficient (Wildman–Crippen LogP) is 2.35. The summed E-state index contributed by atoms with van der Waals surface area (Å²) in [5.41, 5.74) is 2.42. The van der Waals surface area contributed by atoms with Crippen molar-refractivity contribution in [2.24, 2.45) is 0 Å². The van der Waals surface area contributed by atoms with Gasteiger partial charge >= 0.3 is 5.69 Å². The Hall–Kier alpha value is -3.49. The normalized spacial score (nSPS) is 13.5. The lowest BCUT2D eigenvalue weighted by molar-refractivity contribution is -0.116. The number of aromatic nitrogens is 4. The monoisotopic (exact) mass is 423 g/mol. The average Bonchev–Trinajstić information content (AvgIpc) is 2.99. The molecular formula is C22H25N5O4. The molecule has 1 aliphatic heterocycles. The van der Waals surface area contributed by atoms with Crippen molar-refractivity contribution in [3.05, 3.63) is 61.7 Å². The van der Waals surface area contributed by atoms with E-state index in [2.05, 4.69) is 15.5 Å². The Labute approximate surface area is 178 Å².